The quantitative estimate of drug-likeness (QED) is 0.155. The van der Waals surface area contributed by atoms with Gasteiger partial charge in [-0.1, -0.05) is 218 Å². The predicted octanol–water partition coefficient (Wildman–Crippen LogP) is 21.3. The van der Waals surface area contributed by atoms with Gasteiger partial charge < -0.3 is 8.83 Å². The van der Waals surface area contributed by atoms with Crippen LogP contribution < -0.4 is 0 Å². The van der Waals surface area contributed by atoms with Gasteiger partial charge in [-0.2, -0.15) is 0 Å². The van der Waals surface area contributed by atoms with Gasteiger partial charge >= 0.3 is 0 Å². The molecule has 2 nitrogen and oxygen atoms in total. The van der Waals surface area contributed by atoms with Gasteiger partial charge in [-0.25, -0.2) is 0 Å². The maximum absolute atomic E-state index is 6.56. The van der Waals surface area contributed by atoms with Gasteiger partial charge in [0.25, 0.3) is 0 Å². The SMILES string of the molecule is c1ccc(-c2c3ccccc3c(-c3ccc(-c4ccc5oc6cc7cc8oc9ccc(-c%10ccc(-c%11c%12ccccc%12c(-c%12ccccc%12)c%12ccccc%11%12)cc%10)cc9c8cc7cc6c5c4)cc3)c3ccccc23)cc1. The van der Waals surface area contributed by atoms with Crippen LogP contribution in [0.4, 0.5) is 0 Å². The summed E-state index contributed by atoms with van der Waals surface area (Å²) in [6.07, 6.45) is 0. The second-order valence-corrected chi connectivity index (χ2v) is 20.2. The van der Waals surface area contributed by atoms with Crippen molar-refractivity contribution < 1.29 is 8.83 Å². The number of benzene rings is 14. The van der Waals surface area contributed by atoms with Gasteiger partial charge in [0.05, 0.1) is 0 Å². The van der Waals surface area contributed by atoms with Gasteiger partial charge in [-0.3, -0.25) is 0 Å². The summed E-state index contributed by atoms with van der Waals surface area (Å²) in [6, 6.07) is 97.2. The van der Waals surface area contributed by atoms with Crippen LogP contribution in [0, 0.1) is 0 Å². The standard InChI is InChI=1S/C74H44O2/c1-3-15-47(16-4-1)71-55-19-7-11-23-59(55)73(60-24-12-8-20-56(60)71)49-31-27-45(28-32-49)51-35-37-67-63(39-51)65-41-53-42-66-64-40-52(36-38-68(64)76-70(66)44-54(53)43-69(65)75-67)46-29-33-50(34-30-46)74-61-25-13-9-21-57(61)72(48-17-5-2-6-18-48)58-22-10-14-26-62(58)74/h1-44H. The highest BCUT2D eigenvalue weighted by molar-refractivity contribution is 6.23. The van der Waals surface area contributed by atoms with Gasteiger partial charge in [-0.15, -0.1) is 0 Å². The van der Waals surface area contributed by atoms with E-state index >= 15 is 0 Å². The van der Waals surface area contributed by atoms with E-state index in [9.17, 15) is 0 Å². The van der Waals surface area contributed by atoms with Crippen LogP contribution in [0.3, 0.4) is 0 Å². The first-order chi connectivity index (χ1) is 37.7. The average molecular weight is 965 g/mol. The number of hydrogen-bond acceptors (Lipinski definition) is 2. The molecule has 2 aromatic heterocycles. The zero-order valence-electron chi connectivity index (χ0n) is 41.2. The van der Waals surface area contributed by atoms with Crippen molar-refractivity contribution in [3.63, 3.8) is 0 Å². The third kappa shape index (κ3) is 6.61. The molecular weight excluding hydrogens is 921 g/mol. The van der Waals surface area contributed by atoms with Gasteiger partial charge in [0.2, 0.25) is 0 Å². The van der Waals surface area contributed by atoms with Crippen molar-refractivity contribution in [2.75, 3.05) is 0 Å². The Morgan fingerprint density at radius 1 is 0.158 bits per heavy atom. The minimum absolute atomic E-state index is 0.863. The second-order valence-electron chi connectivity index (χ2n) is 20.2. The summed E-state index contributed by atoms with van der Waals surface area (Å²) in [5.41, 5.74) is 18.0. The van der Waals surface area contributed by atoms with E-state index in [4.69, 9.17) is 8.83 Å². The molecule has 76 heavy (non-hydrogen) atoms. The van der Waals surface area contributed by atoms with Crippen molar-refractivity contribution in [2.45, 2.75) is 0 Å². The number of fused-ring (bicyclic) bond motifs is 11. The first kappa shape index (κ1) is 42.5. The average Bonchev–Trinajstić information content (AvgIpc) is 4.06. The lowest BCUT2D eigenvalue weighted by atomic mass is 9.86. The zero-order chi connectivity index (χ0) is 49.8. The minimum atomic E-state index is 0.863. The van der Waals surface area contributed by atoms with Crippen LogP contribution in [0.15, 0.2) is 276 Å². The smallest absolute Gasteiger partial charge is 0.136 e. The van der Waals surface area contributed by atoms with Gasteiger partial charge in [0, 0.05) is 21.5 Å². The maximum atomic E-state index is 6.56. The Kier molecular flexibility index (Phi) is 9.37. The van der Waals surface area contributed by atoms with E-state index in [1.807, 2.05) is 0 Å². The summed E-state index contributed by atoms with van der Waals surface area (Å²) < 4.78 is 13.1. The van der Waals surface area contributed by atoms with E-state index in [0.717, 1.165) is 76.9 Å². The molecule has 0 amide bonds. The third-order valence-electron chi connectivity index (χ3n) is 16.0. The highest BCUT2D eigenvalue weighted by Gasteiger charge is 2.20. The van der Waals surface area contributed by atoms with E-state index in [-0.39, 0.29) is 0 Å². The Bertz CT molecular complexity index is 4570. The van der Waals surface area contributed by atoms with Crippen LogP contribution in [0.25, 0.3) is 165 Å². The molecule has 0 atom stereocenters. The van der Waals surface area contributed by atoms with Gasteiger partial charge in [0.1, 0.15) is 22.3 Å². The van der Waals surface area contributed by atoms with Crippen molar-refractivity contribution in [1.82, 2.24) is 0 Å². The molecule has 0 unspecified atom stereocenters. The fraction of sp³-hybridized carbons (Fsp3) is 0. The summed E-state index contributed by atoms with van der Waals surface area (Å²) in [6.45, 7) is 0. The normalized spacial score (nSPS) is 11.9. The van der Waals surface area contributed by atoms with Crippen LogP contribution in [0.1, 0.15) is 0 Å². The molecule has 14 aromatic carbocycles. The van der Waals surface area contributed by atoms with E-state index in [2.05, 4.69) is 267 Å². The largest absolute Gasteiger partial charge is 0.456 e. The molecule has 352 valence electrons. The van der Waals surface area contributed by atoms with Crippen LogP contribution in [-0.4, -0.2) is 0 Å². The van der Waals surface area contributed by atoms with Crippen LogP contribution in [0.5, 0.6) is 0 Å². The summed E-state index contributed by atoms with van der Waals surface area (Å²) in [5.74, 6) is 0. The monoisotopic (exact) mass is 964 g/mol. The zero-order valence-corrected chi connectivity index (χ0v) is 41.2. The summed E-state index contributed by atoms with van der Waals surface area (Å²) >= 11 is 0. The highest BCUT2D eigenvalue weighted by atomic mass is 16.3. The Morgan fingerprint density at radius 2 is 0.408 bits per heavy atom. The van der Waals surface area contributed by atoms with Crippen molar-refractivity contribution in [2.24, 2.45) is 0 Å². The Hall–Kier alpha value is -10.0. The summed E-state index contributed by atoms with van der Waals surface area (Å²) in [7, 11) is 0. The highest BCUT2D eigenvalue weighted by Crippen LogP contribution is 2.47. The molecule has 2 heterocycles. The molecule has 0 aliphatic carbocycles. The summed E-state index contributed by atoms with van der Waals surface area (Å²) in [4.78, 5) is 0. The van der Waals surface area contributed by atoms with E-state index in [1.54, 1.807) is 0 Å². The lowest BCUT2D eigenvalue weighted by molar-refractivity contribution is 0.668. The van der Waals surface area contributed by atoms with E-state index in [0.29, 0.717) is 0 Å². The van der Waals surface area contributed by atoms with E-state index in [1.165, 1.54) is 87.6 Å². The molecule has 0 aliphatic rings. The maximum Gasteiger partial charge on any atom is 0.136 e. The first-order valence-electron chi connectivity index (χ1n) is 26.1. The molecule has 0 fully saturated rings. The molecule has 0 radical (unpaired) electrons. The fourth-order valence-electron chi connectivity index (χ4n) is 12.5. The Labute approximate surface area is 437 Å². The van der Waals surface area contributed by atoms with Crippen molar-refractivity contribution >= 4 is 97.7 Å². The molecule has 0 saturated heterocycles. The van der Waals surface area contributed by atoms with Crippen LogP contribution >= 0.6 is 0 Å². The van der Waals surface area contributed by atoms with Crippen molar-refractivity contribution in [3.05, 3.63) is 267 Å². The molecule has 2 heteroatoms. The van der Waals surface area contributed by atoms with E-state index < -0.39 is 0 Å². The molecular formula is C74H44O2. The molecule has 0 saturated carbocycles. The lowest BCUT2D eigenvalue weighted by Crippen LogP contribution is -1.90. The molecule has 16 rings (SSSR count). The molecule has 0 aliphatic heterocycles. The topological polar surface area (TPSA) is 26.3 Å². The van der Waals surface area contributed by atoms with Gasteiger partial charge in [-0.05, 0) is 169 Å². The second kappa shape index (κ2) is 16.8. The number of hydrogen-bond donors (Lipinski definition) is 0. The third-order valence-corrected chi connectivity index (χ3v) is 16.0. The predicted molar refractivity (Wildman–Crippen MR) is 321 cm³/mol. The summed E-state index contributed by atoms with van der Waals surface area (Å²) in [5, 5.41) is 16.7. The van der Waals surface area contributed by atoms with Crippen molar-refractivity contribution in [1.29, 1.82) is 0 Å². The molecule has 0 spiro atoms. The van der Waals surface area contributed by atoms with Gasteiger partial charge in [0.15, 0.2) is 0 Å². The molecule has 0 N–H and O–H groups in total. The van der Waals surface area contributed by atoms with Crippen molar-refractivity contribution in [3.8, 4) is 66.8 Å². The fourth-order valence-corrected chi connectivity index (χ4v) is 12.5. The Morgan fingerprint density at radius 3 is 0.737 bits per heavy atom. The molecule has 0 bridgehead atoms. The Balaban J connectivity index is 0.751. The number of rotatable bonds is 6. The number of furan rings is 2. The molecule has 16 aromatic rings. The van der Waals surface area contributed by atoms with Crippen LogP contribution in [-0.2, 0) is 0 Å². The first-order valence-corrected chi connectivity index (χ1v) is 26.1. The van der Waals surface area contributed by atoms with Crippen LogP contribution in [0.2, 0.25) is 0 Å². The lowest BCUT2D eigenvalue weighted by Gasteiger charge is -2.18. The minimum Gasteiger partial charge on any atom is -0.456 e.